The van der Waals surface area contributed by atoms with Crippen LogP contribution in [0.2, 0.25) is 5.02 Å². The second-order valence-electron chi connectivity index (χ2n) is 7.48. The van der Waals surface area contributed by atoms with E-state index >= 15 is 0 Å². The standard InChI is InChI=1S/C20H24ClN7O2S/c1-15-18(14-23-28(15)17-6-4-16(21)5-7-17)31(29,30)27-12-10-26(11-13-27)19-8-9-22-20(24-19)25(2)3/h4-9,14H,10-13H2,1-3H3. The van der Waals surface area contributed by atoms with Crippen LogP contribution in [0.25, 0.3) is 5.69 Å². The van der Waals surface area contributed by atoms with Crippen molar-refractivity contribution >= 4 is 33.4 Å². The van der Waals surface area contributed by atoms with E-state index in [2.05, 4.69) is 20.0 Å². The molecule has 3 heterocycles. The van der Waals surface area contributed by atoms with Gasteiger partial charge < -0.3 is 9.80 Å². The first-order valence-corrected chi connectivity index (χ1v) is 11.7. The molecule has 0 unspecified atom stereocenters. The van der Waals surface area contributed by atoms with Crippen LogP contribution in [-0.2, 0) is 10.0 Å². The molecule has 3 aromatic rings. The van der Waals surface area contributed by atoms with Gasteiger partial charge >= 0.3 is 0 Å². The summed E-state index contributed by atoms with van der Waals surface area (Å²) in [6, 6.07) is 8.96. The minimum absolute atomic E-state index is 0.216. The van der Waals surface area contributed by atoms with E-state index in [4.69, 9.17) is 11.6 Å². The molecule has 9 nitrogen and oxygen atoms in total. The topological polar surface area (TPSA) is 87.5 Å². The zero-order valence-electron chi connectivity index (χ0n) is 17.6. The average molecular weight is 462 g/mol. The summed E-state index contributed by atoms with van der Waals surface area (Å²) in [4.78, 5) is 12.9. The smallest absolute Gasteiger partial charge is 0.246 e. The largest absolute Gasteiger partial charge is 0.354 e. The van der Waals surface area contributed by atoms with Gasteiger partial charge in [-0.2, -0.15) is 14.4 Å². The molecule has 1 fully saturated rings. The van der Waals surface area contributed by atoms with Crippen LogP contribution in [0.5, 0.6) is 0 Å². The van der Waals surface area contributed by atoms with E-state index in [0.717, 1.165) is 11.5 Å². The lowest BCUT2D eigenvalue weighted by Crippen LogP contribution is -2.49. The van der Waals surface area contributed by atoms with Gasteiger partial charge in [0.25, 0.3) is 0 Å². The van der Waals surface area contributed by atoms with E-state index in [9.17, 15) is 8.42 Å². The number of anilines is 2. The maximum Gasteiger partial charge on any atom is 0.246 e. The third-order valence-electron chi connectivity index (χ3n) is 5.24. The number of benzene rings is 1. The van der Waals surface area contributed by atoms with Gasteiger partial charge in [-0.1, -0.05) is 11.6 Å². The summed E-state index contributed by atoms with van der Waals surface area (Å²) in [5.41, 5.74) is 1.32. The SMILES string of the molecule is Cc1c(S(=O)(=O)N2CCN(c3ccnc(N(C)C)n3)CC2)cnn1-c1ccc(Cl)cc1. The Balaban J connectivity index is 1.51. The molecule has 164 valence electrons. The fraction of sp³-hybridized carbons (Fsp3) is 0.350. The molecule has 0 atom stereocenters. The second kappa shape index (κ2) is 8.45. The second-order valence-corrected chi connectivity index (χ2v) is 9.83. The molecule has 0 aliphatic carbocycles. The highest BCUT2D eigenvalue weighted by atomic mass is 35.5. The highest BCUT2D eigenvalue weighted by molar-refractivity contribution is 7.89. The number of aromatic nitrogens is 4. The molecule has 1 aliphatic rings. The summed E-state index contributed by atoms with van der Waals surface area (Å²) in [6.07, 6.45) is 3.13. The van der Waals surface area contributed by atoms with Crippen molar-refractivity contribution in [2.24, 2.45) is 0 Å². The Bertz CT molecular complexity index is 1170. The molecule has 0 amide bonds. The van der Waals surface area contributed by atoms with Crippen molar-refractivity contribution in [3.05, 3.63) is 53.4 Å². The monoisotopic (exact) mass is 461 g/mol. The van der Waals surface area contributed by atoms with Crippen molar-refractivity contribution in [3.63, 3.8) is 0 Å². The van der Waals surface area contributed by atoms with Crippen molar-refractivity contribution in [3.8, 4) is 5.69 Å². The highest BCUT2D eigenvalue weighted by Crippen LogP contribution is 2.25. The first-order valence-electron chi connectivity index (χ1n) is 9.83. The molecule has 0 bridgehead atoms. The molecule has 31 heavy (non-hydrogen) atoms. The van der Waals surface area contributed by atoms with Crippen LogP contribution >= 0.6 is 11.6 Å². The van der Waals surface area contributed by atoms with E-state index in [1.807, 2.05) is 25.1 Å². The van der Waals surface area contributed by atoms with Crippen molar-refractivity contribution in [2.45, 2.75) is 11.8 Å². The van der Waals surface area contributed by atoms with Gasteiger partial charge in [-0.3, -0.25) is 0 Å². The van der Waals surface area contributed by atoms with Gasteiger partial charge in [0, 0.05) is 51.5 Å². The van der Waals surface area contributed by atoms with Crippen molar-refractivity contribution in [2.75, 3.05) is 50.1 Å². The number of rotatable bonds is 5. The molecule has 1 aromatic carbocycles. The Labute approximate surface area is 186 Å². The number of nitrogens with zero attached hydrogens (tertiary/aromatic N) is 7. The van der Waals surface area contributed by atoms with Crippen molar-refractivity contribution < 1.29 is 8.42 Å². The van der Waals surface area contributed by atoms with Gasteiger partial charge in [0.15, 0.2) is 0 Å². The first kappa shape index (κ1) is 21.5. The van der Waals surface area contributed by atoms with Gasteiger partial charge in [-0.15, -0.1) is 0 Å². The maximum absolute atomic E-state index is 13.3. The summed E-state index contributed by atoms with van der Waals surface area (Å²) in [5.74, 6) is 1.42. The van der Waals surface area contributed by atoms with Crippen LogP contribution < -0.4 is 9.80 Å². The molecule has 1 aliphatic heterocycles. The molecule has 0 radical (unpaired) electrons. The van der Waals surface area contributed by atoms with E-state index in [0.29, 0.717) is 42.8 Å². The van der Waals surface area contributed by atoms with E-state index in [1.54, 1.807) is 42.1 Å². The van der Waals surface area contributed by atoms with Gasteiger partial charge in [0.1, 0.15) is 10.7 Å². The maximum atomic E-state index is 13.3. The van der Waals surface area contributed by atoms with E-state index in [-0.39, 0.29) is 4.90 Å². The number of hydrogen-bond donors (Lipinski definition) is 0. The summed E-state index contributed by atoms with van der Waals surface area (Å²) in [7, 11) is 0.111. The highest BCUT2D eigenvalue weighted by Gasteiger charge is 2.32. The summed E-state index contributed by atoms with van der Waals surface area (Å²) >= 11 is 5.95. The van der Waals surface area contributed by atoms with Gasteiger partial charge in [-0.05, 0) is 37.3 Å². The molecule has 0 saturated carbocycles. The fourth-order valence-corrected chi connectivity index (χ4v) is 5.21. The van der Waals surface area contributed by atoms with Crippen LogP contribution in [0.4, 0.5) is 11.8 Å². The Morgan fingerprint density at radius 2 is 1.71 bits per heavy atom. The number of halogens is 1. The van der Waals surface area contributed by atoms with Crippen LogP contribution in [0.3, 0.4) is 0 Å². The lowest BCUT2D eigenvalue weighted by molar-refractivity contribution is 0.383. The summed E-state index contributed by atoms with van der Waals surface area (Å²) in [5, 5.41) is 4.91. The molecule has 4 rings (SSSR count). The van der Waals surface area contributed by atoms with Gasteiger partial charge in [-0.25, -0.2) is 18.1 Å². The predicted octanol–water partition coefficient (Wildman–Crippen LogP) is 2.20. The molecular formula is C20H24ClN7O2S. The minimum atomic E-state index is -3.66. The quantitative estimate of drug-likeness (QED) is 0.575. The van der Waals surface area contributed by atoms with Crippen LogP contribution in [0, 0.1) is 6.92 Å². The predicted molar refractivity (Wildman–Crippen MR) is 121 cm³/mol. The Morgan fingerprint density at radius 3 is 2.35 bits per heavy atom. The van der Waals surface area contributed by atoms with Crippen LogP contribution in [0.15, 0.2) is 47.6 Å². The zero-order valence-corrected chi connectivity index (χ0v) is 19.2. The van der Waals surface area contributed by atoms with E-state index in [1.165, 1.54) is 10.5 Å². The van der Waals surface area contributed by atoms with Crippen LogP contribution in [0.1, 0.15) is 5.69 Å². The van der Waals surface area contributed by atoms with Gasteiger partial charge in [0.05, 0.1) is 17.6 Å². The molecule has 11 heteroatoms. The number of piperazine rings is 1. The third kappa shape index (κ3) is 4.23. The summed E-state index contributed by atoms with van der Waals surface area (Å²) < 4.78 is 29.7. The Hall–Kier alpha value is -2.69. The normalized spacial score (nSPS) is 15.3. The van der Waals surface area contributed by atoms with Crippen molar-refractivity contribution in [1.82, 2.24) is 24.1 Å². The van der Waals surface area contributed by atoms with Crippen LogP contribution in [-0.4, -0.2) is 72.7 Å². The first-order chi connectivity index (χ1) is 14.8. The lowest BCUT2D eigenvalue weighted by atomic mass is 10.3. The molecular weight excluding hydrogens is 438 g/mol. The molecule has 0 spiro atoms. The molecule has 1 saturated heterocycles. The number of hydrogen-bond acceptors (Lipinski definition) is 7. The minimum Gasteiger partial charge on any atom is -0.354 e. The average Bonchev–Trinajstić information content (AvgIpc) is 3.16. The van der Waals surface area contributed by atoms with Crippen molar-refractivity contribution in [1.29, 1.82) is 0 Å². The third-order valence-corrected chi connectivity index (χ3v) is 7.50. The fourth-order valence-electron chi connectivity index (χ4n) is 3.52. The molecule has 2 aromatic heterocycles. The number of sulfonamides is 1. The zero-order chi connectivity index (χ0) is 22.2. The summed E-state index contributed by atoms with van der Waals surface area (Å²) in [6.45, 7) is 3.60. The van der Waals surface area contributed by atoms with E-state index < -0.39 is 10.0 Å². The Morgan fingerprint density at radius 1 is 1.03 bits per heavy atom. The molecule has 0 N–H and O–H groups in total. The lowest BCUT2D eigenvalue weighted by Gasteiger charge is -2.34. The Kier molecular flexibility index (Phi) is 5.87. The van der Waals surface area contributed by atoms with Gasteiger partial charge in [0.2, 0.25) is 16.0 Å².